The minimum absolute atomic E-state index is 0.177. The zero-order valence-electron chi connectivity index (χ0n) is 26.8. The molecule has 52 heavy (non-hydrogen) atoms. The molecule has 0 radical (unpaired) electrons. The lowest BCUT2D eigenvalue weighted by atomic mass is 10.1. The molecule has 0 spiro atoms. The number of carboxylic acid groups (broad SMARTS) is 3. The number of aromatic nitrogens is 4. The maximum atomic E-state index is 10.6. The molecule has 13 nitrogen and oxygen atoms in total. The van der Waals surface area contributed by atoms with E-state index in [0.717, 1.165) is 48.5 Å². The van der Waals surface area contributed by atoms with Gasteiger partial charge < -0.3 is 20.1 Å². The second kappa shape index (κ2) is 18.1. The van der Waals surface area contributed by atoms with Crippen LogP contribution in [-0.4, -0.2) is 115 Å². The quantitative estimate of drug-likeness (QED) is 0.228. The standard InChI is InChI=1S/C24H26N6O.3C2HF3O2/c1-28-13-14-29(15-20-9-6-12-25-24(20)31-2)17-22(28)23-21-11-10-19(16-30(21)27-26-23)18-7-4-3-5-8-18;3*3-2(4,5)1(6)7/h3-12,16,22H,13-15,17H2,1-2H3;3*(H,6,7). The lowest BCUT2D eigenvalue weighted by Crippen LogP contribution is -2.46. The van der Waals surface area contributed by atoms with Crippen LogP contribution in [0.1, 0.15) is 17.3 Å². The molecule has 1 fully saturated rings. The number of likely N-dealkylation sites (N-methyl/N-ethyl adjacent to an activating group) is 1. The fraction of sp³-hybridized carbons (Fsp3) is 0.333. The molecule has 4 aromatic rings. The molecule has 3 aromatic heterocycles. The van der Waals surface area contributed by atoms with Crippen molar-refractivity contribution >= 4 is 23.4 Å². The highest BCUT2D eigenvalue weighted by Gasteiger charge is 2.39. The molecule has 1 aromatic carbocycles. The van der Waals surface area contributed by atoms with E-state index in [1.54, 1.807) is 13.3 Å². The molecule has 284 valence electrons. The summed E-state index contributed by atoms with van der Waals surface area (Å²) in [5, 5.41) is 30.4. The normalized spacial score (nSPS) is 15.2. The monoisotopic (exact) mass is 756 g/mol. The first-order valence-corrected chi connectivity index (χ1v) is 14.3. The number of aliphatic carboxylic acids is 3. The molecule has 22 heteroatoms. The number of rotatable bonds is 5. The summed E-state index contributed by atoms with van der Waals surface area (Å²) in [7, 11) is 3.83. The Labute approximate surface area is 287 Å². The van der Waals surface area contributed by atoms with E-state index in [-0.39, 0.29) is 6.04 Å². The number of methoxy groups -OCH3 is 1. The fourth-order valence-corrected chi connectivity index (χ4v) is 4.29. The Hall–Kier alpha value is -5.51. The van der Waals surface area contributed by atoms with E-state index >= 15 is 0 Å². The van der Waals surface area contributed by atoms with E-state index in [0.29, 0.717) is 5.88 Å². The molecule has 1 atom stereocenters. The van der Waals surface area contributed by atoms with Crippen molar-refractivity contribution in [2.45, 2.75) is 31.1 Å². The second-order valence-corrected chi connectivity index (χ2v) is 10.4. The summed E-state index contributed by atoms with van der Waals surface area (Å²) in [6, 6.07) is 18.9. The third kappa shape index (κ3) is 13.0. The molecule has 1 saturated heterocycles. The van der Waals surface area contributed by atoms with E-state index in [2.05, 4.69) is 80.8 Å². The number of carbonyl (C=O) groups is 3. The van der Waals surface area contributed by atoms with E-state index in [1.165, 1.54) is 5.56 Å². The van der Waals surface area contributed by atoms with Crippen molar-refractivity contribution < 1.29 is 74.0 Å². The number of alkyl halides is 9. The van der Waals surface area contributed by atoms with Gasteiger partial charge in [0.25, 0.3) is 0 Å². The van der Waals surface area contributed by atoms with Crippen LogP contribution in [0.5, 0.6) is 5.88 Å². The zero-order valence-corrected chi connectivity index (χ0v) is 26.8. The molecule has 0 bridgehead atoms. The lowest BCUT2D eigenvalue weighted by Gasteiger charge is -2.38. The molecule has 4 heterocycles. The van der Waals surface area contributed by atoms with Gasteiger partial charge in [-0.2, -0.15) is 39.5 Å². The number of piperazine rings is 1. The highest BCUT2D eigenvalue weighted by atomic mass is 19.4. The molecule has 1 unspecified atom stereocenters. The fourth-order valence-electron chi connectivity index (χ4n) is 4.29. The molecule has 1 aliphatic rings. The first kappa shape index (κ1) is 42.7. The minimum Gasteiger partial charge on any atom is -0.481 e. The topological polar surface area (TPSA) is 171 Å². The van der Waals surface area contributed by atoms with Gasteiger partial charge in [-0.1, -0.05) is 47.7 Å². The molecule has 1 aliphatic heterocycles. The van der Waals surface area contributed by atoms with Crippen molar-refractivity contribution in [2.24, 2.45) is 0 Å². The number of carboxylic acids is 3. The number of hydrogen-bond acceptors (Lipinski definition) is 9. The number of benzene rings is 1. The Balaban J connectivity index is 0.000000365. The summed E-state index contributed by atoms with van der Waals surface area (Å²) in [4.78, 5) is 35.8. The third-order valence-electron chi connectivity index (χ3n) is 6.76. The highest BCUT2D eigenvalue weighted by Crippen LogP contribution is 2.29. The van der Waals surface area contributed by atoms with Crippen LogP contribution in [0.3, 0.4) is 0 Å². The summed E-state index contributed by atoms with van der Waals surface area (Å²) in [6.45, 7) is 3.64. The van der Waals surface area contributed by atoms with Crippen LogP contribution in [0.2, 0.25) is 0 Å². The molecule has 0 saturated carbocycles. The largest absolute Gasteiger partial charge is 0.490 e. The van der Waals surface area contributed by atoms with Crippen molar-refractivity contribution in [1.82, 2.24) is 29.6 Å². The van der Waals surface area contributed by atoms with Crippen molar-refractivity contribution in [1.29, 1.82) is 0 Å². The van der Waals surface area contributed by atoms with Crippen molar-refractivity contribution in [3.05, 3.63) is 78.2 Å². The summed E-state index contributed by atoms with van der Waals surface area (Å²) >= 11 is 0. The number of nitrogens with zero attached hydrogens (tertiary/aromatic N) is 6. The van der Waals surface area contributed by atoms with Crippen LogP contribution in [0.15, 0.2) is 67.0 Å². The third-order valence-corrected chi connectivity index (χ3v) is 6.76. The van der Waals surface area contributed by atoms with Gasteiger partial charge in [0.15, 0.2) is 0 Å². The summed E-state index contributed by atoms with van der Waals surface area (Å²) in [6.07, 6.45) is -11.4. The Kier molecular flexibility index (Phi) is 14.9. The summed E-state index contributed by atoms with van der Waals surface area (Å²) < 4.78 is 103. The molecule has 0 aliphatic carbocycles. The van der Waals surface area contributed by atoms with Crippen LogP contribution in [-0.2, 0) is 20.9 Å². The summed E-state index contributed by atoms with van der Waals surface area (Å²) in [5.41, 5.74) is 5.48. The SMILES string of the molecule is COc1ncccc1CN1CCN(C)C(c2nnn3cc(-c4ccccc4)ccc23)C1.O=C(O)C(F)(F)F.O=C(O)C(F)(F)F.O=C(O)C(F)(F)F. The molecule has 0 amide bonds. The van der Waals surface area contributed by atoms with E-state index in [1.807, 2.05) is 16.6 Å². The van der Waals surface area contributed by atoms with E-state index in [9.17, 15) is 39.5 Å². The molecular weight excluding hydrogens is 727 g/mol. The predicted octanol–water partition coefficient (Wildman–Crippen LogP) is 5.19. The zero-order chi connectivity index (χ0) is 39.4. The first-order chi connectivity index (χ1) is 24.1. The van der Waals surface area contributed by atoms with Crippen molar-refractivity contribution in [3.63, 3.8) is 0 Å². The number of hydrogen-bond donors (Lipinski definition) is 3. The summed E-state index contributed by atoms with van der Waals surface area (Å²) in [5.74, 6) is -7.58. The Morgan fingerprint density at radius 2 is 1.33 bits per heavy atom. The van der Waals surface area contributed by atoms with E-state index in [4.69, 9.17) is 34.4 Å². The van der Waals surface area contributed by atoms with Gasteiger partial charge in [0.05, 0.1) is 18.7 Å². The van der Waals surface area contributed by atoms with Gasteiger partial charge in [-0.25, -0.2) is 23.9 Å². The van der Waals surface area contributed by atoms with Gasteiger partial charge in [-0.15, -0.1) is 5.10 Å². The van der Waals surface area contributed by atoms with Gasteiger partial charge in [0.1, 0.15) is 5.69 Å². The first-order valence-electron chi connectivity index (χ1n) is 14.3. The maximum absolute atomic E-state index is 10.6. The van der Waals surface area contributed by atoms with Gasteiger partial charge in [-0.3, -0.25) is 9.80 Å². The predicted molar refractivity (Wildman–Crippen MR) is 161 cm³/mol. The number of pyridine rings is 2. The molecular formula is C30H29F9N6O7. The maximum Gasteiger partial charge on any atom is 0.490 e. The number of fused-ring (bicyclic) bond motifs is 1. The Bertz CT molecular complexity index is 1730. The highest BCUT2D eigenvalue weighted by molar-refractivity contribution is 5.73. The number of halogens is 9. The van der Waals surface area contributed by atoms with Gasteiger partial charge in [0, 0.05) is 49.7 Å². The van der Waals surface area contributed by atoms with Crippen LogP contribution >= 0.6 is 0 Å². The van der Waals surface area contributed by atoms with Crippen molar-refractivity contribution in [3.8, 4) is 17.0 Å². The van der Waals surface area contributed by atoms with Crippen molar-refractivity contribution in [2.75, 3.05) is 33.8 Å². The average Bonchev–Trinajstić information content (AvgIpc) is 3.49. The second-order valence-electron chi connectivity index (χ2n) is 10.4. The number of ether oxygens (including phenoxy) is 1. The van der Waals surface area contributed by atoms with Crippen LogP contribution in [0.25, 0.3) is 16.6 Å². The van der Waals surface area contributed by atoms with Gasteiger partial charge >= 0.3 is 36.4 Å². The van der Waals surface area contributed by atoms with Crippen LogP contribution in [0, 0.1) is 0 Å². The molecule has 3 N–H and O–H groups in total. The Morgan fingerprint density at radius 1 is 0.788 bits per heavy atom. The minimum atomic E-state index is -5.08. The molecule has 5 rings (SSSR count). The average molecular weight is 757 g/mol. The van der Waals surface area contributed by atoms with E-state index < -0.39 is 36.4 Å². The van der Waals surface area contributed by atoms with Crippen LogP contribution in [0.4, 0.5) is 39.5 Å². The lowest BCUT2D eigenvalue weighted by molar-refractivity contribution is -0.193. The Morgan fingerprint density at radius 3 is 1.83 bits per heavy atom. The smallest absolute Gasteiger partial charge is 0.481 e. The van der Waals surface area contributed by atoms with Crippen LogP contribution < -0.4 is 4.74 Å². The van der Waals surface area contributed by atoms with Gasteiger partial charge in [-0.05, 0) is 24.7 Å². The van der Waals surface area contributed by atoms with Gasteiger partial charge in [0.2, 0.25) is 5.88 Å².